The Hall–Kier alpha value is -2.25. The molecule has 1 aromatic carbocycles. The van der Waals surface area contributed by atoms with E-state index in [0.717, 1.165) is 0 Å². The summed E-state index contributed by atoms with van der Waals surface area (Å²) in [7, 11) is -3.60. The monoisotopic (exact) mass is 320 g/mol. The number of anilines is 1. The Bertz CT molecular complexity index is 745. The van der Waals surface area contributed by atoms with Crippen molar-refractivity contribution in [1.82, 2.24) is 4.98 Å². The maximum Gasteiger partial charge on any atom is 0.240 e. The van der Waals surface area contributed by atoms with Gasteiger partial charge in [0.2, 0.25) is 5.91 Å². The molecule has 0 saturated heterocycles. The summed E-state index contributed by atoms with van der Waals surface area (Å²) >= 11 is 0. The molecule has 1 heterocycles. The van der Waals surface area contributed by atoms with Gasteiger partial charge in [-0.1, -0.05) is 30.3 Å². The first-order chi connectivity index (χ1) is 10.5. The average molecular weight is 320 g/mol. The summed E-state index contributed by atoms with van der Waals surface area (Å²) < 4.78 is 24.1. The number of aliphatic hydroxyl groups excluding tert-OH is 1. The molecule has 0 fully saturated rings. The minimum absolute atomic E-state index is 0.159. The molecule has 6 nitrogen and oxygen atoms in total. The van der Waals surface area contributed by atoms with E-state index in [0.29, 0.717) is 16.9 Å². The Morgan fingerprint density at radius 2 is 1.91 bits per heavy atom. The molecule has 0 bridgehead atoms. The van der Waals surface area contributed by atoms with Crippen molar-refractivity contribution in [3.63, 3.8) is 0 Å². The van der Waals surface area contributed by atoms with E-state index >= 15 is 0 Å². The van der Waals surface area contributed by atoms with E-state index < -0.39 is 21.5 Å². The molecule has 1 aromatic heterocycles. The van der Waals surface area contributed by atoms with E-state index in [4.69, 9.17) is 5.11 Å². The van der Waals surface area contributed by atoms with E-state index in [1.54, 1.807) is 42.5 Å². The van der Waals surface area contributed by atoms with Crippen molar-refractivity contribution in [2.45, 2.75) is 12.4 Å². The second kappa shape index (κ2) is 7.15. The van der Waals surface area contributed by atoms with Crippen molar-refractivity contribution >= 4 is 21.6 Å². The Morgan fingerprint density at radius 3 is 2.59 bits per heavy atom. The van der Waals surface area contributed by atoms with E-state index in [9.17, 15) is 13.2 Å². The van der Waals surface area contributed by atoms with Gasteiger partial charge in [-0.15, -0.1) is 0 Å². The predicted octanol–water partition coefficient (Wildman–Crippen LogP) is 1.13. The Kier molecular flexibility index (Phi) is 5.24. The molecule has 22 heavy (non-hydrogen) atoms. The van der Waals surface area contributed by atoms with Gasteiger partial charge in [0.05, 0.1) is 12.4 Å². The fourth-order valence-electron chi connectivity index (χ4n) is 1.94. The maximum atomic E-state index is 12.1. The van der Waals surface area contributed by atoms with Gasteiger partial charge >= 0.3 is 0 Å². The third kappa shape index (κ3) is 4.94. The number of carbonyl (C=O) groups excluding carboxylic acids is 1. The quantitative estimate of drug-likeness (QED) is 0.831. The lowest BCUT2D eigenvalue weighted by Crippen LogP contribution is -2.24. The highest BCUT2D eigenvalue weighted by Crippen LogP contribution is 2.10. The van der Waals surface area contributed by atoms with Crippen LogP contribution in [0.5, 0.6) is 0 Å². The van der Waals surface area contributed by atoms with Crippen molar-refractivity contribution in [3.05, 3.63) is 59.8 Å². The summed E-state index contributed by atoms with van der Waals surface area (Å²) in [6, 6.07) is 11.6. The standard InChI is InChI=1S/C15H16N2O4S/c18-9-12-4-3-5-13(8-12)10-22(20,21)11-15(19)17-14-6-1-2-7-16-14/h1-8,18H,9-11H2,(H,16,17,19). The number of nitrogens with zero attached hydrogens (tertiary/aromatic N) is 1. The highest BCUT2D eigenvalue weighted by Gasteiger charge is 2.18. The SMILES string of the molecule is O=C(CS(=O)(=O)Cc1cccc(CO)c1)Nc1ccccn1. The third-order valence-corrected chi connectivity index (χ3v) is 4.32. The van der Waals surface area contributed by atoms with Crippen LogP contribution in [0.1, 0.15) is 11.1 Å². The summed E-state index contributed by atoms with van der Waals surface area (Å²) in [5, 5.41) is 11.5. The van der Waals surface area contributed by atoms with Gasteiger partial charge < -0.3 is 10.4 Å². The molecule has 2 N–H and O–H groups in total. The first-order valence-electron chi connectivity index (χ1n) is 6.58. The largest absolute Gasteiger partial charge is 0.392 e. The Morgan fingerprint density at radius 1 is 1.14 bits per heavy atom. The topological polar surface area (TPSA) is 96.4 Å². The van der Waals surface area contributed by atoms with Crippen molar-refractivity contribution in [2.24, 2.45) is 0 Å². The van der Waals surface area contributed by atoms with Gasteiger partial charge in [0, 0.05) is 6.20 Å². The van der Waals surface area contributed by atoms with Crippen LogP contribution in [0.4, 0.5) is 5.82 Å². The van der Waals surface area contributed by atoms with Crippen LogP contribution in [0.3, 0.4) is 0 Å². The second-order valence-electron chi connectivity index (χ2n) is 4.77. The lowest BCUT2D eigenvalue weighted by Gasteiger charge is -2.07. The molecule has 0 unspecified atom stereocenters. The number of amides is 1. The van der Waals surface area contributed by atoms with Gasteiger partial charge in [-0.05, 0) is 23.3 Å². The molecule has 0 aliphatic carbocycles. The van der Waals surface area contributed by atoms with Crippen LogP contribution in [0, 0.1) is 0 Å². The lowest BCUT2D eigenvalue weighted by molar-refractivity contribution is -0.113. The number of sulfone groups is 1. The maximum absolute atomic E-state index is 12.1. The van der Waals surface area contributed by atoms with E-state index in [-0.39, 0.29) is 12.4 Å². The molecule has 2 aromatic rings. The zero-order valence-electron chi connectivity index (χ0n) is 11.8. The van der Waals surface area contributed by atoms with Crippen molar-refractivity contribution < 1.29 is 18.3 Å². The third-order valence-electron chi connectivity index (χ3n) is 2.84. The Balaban J connectivity index is 1.99. The molecule has 7 heteroatoms. The summed E-state index contributed by atoms with van der Waals surface area (Å²) in [6.07, 6.45) is 1.50. The minimum atomic E-state index is -3.60. The Labute approximate surface area is 128 Å². The van der Waals surface area contributed by atoms with Crippen molar-refractivity contribution in [2.75, 3.05) is 11.1 Å². The first kappa shape index (κ1) is 16.1. The molecule has 0 spiro atoms. The molecular formula is C15H16N2O4S. The molecule has 0 aliphatic rings. The molecule has 0 aliphatic heterocycles. The van der Waals surface area contributed by atoms with Crippen molar-refractivity contribution in [1.29, 1.82) is 0 Å². The number of nitrogens with one attached hydrogen (secondary N) is 1. The van der Waals surface area contributed by atoms with Crippen molar-refractivity contribution in [3.8, 4) is 0 Å². The van der Waals surface area contributed by atoms with E-state index in [2.05, 4.69) is 10.3 Å². The molecule has 2 rings (SSSR count). The summed E-state index contributed by atoms with van der Waals surface area (Å²) in [5.74, 6) is -1.19. The predicted molar refractivity (Wildman–Crippen MR) is 82.7 cm³/mol. The van der Waals surface area contributed by atoms with E-state index in [1.807, 2.05) is 0 Å². The van der Waals surface area contributed by atoms with Crippen LogP contribution in [-0.2, 0) is 27.0 Å². The van der Waals surface area contributed by atoms with E-state index in [1.165, 1.54) is 6.20 Å². The molecule has 116 valence electrons. The minimum Gasteiger partial charge on any atom is -0.392 e. The highest BCUT2D eigenvalue weighted by molar-refractivity contribution is 7.91. The van der Waals surface area contributed by atoms with Gasteiger partial charge in [-0.3, -0.25) is 4.79 Å². The van der Waals surface area contributed by atoms with Gasteiger partial charge in [-0.2, -0.15) is 0 Å². The summed E-state index contributed by atoms with van der Waals surface area (Å²) in [4.78, 5) is 15.7. The smallest absolute Gasteiger partial charge is 0.240 e. The van der Waals surface area contributed by atoms with Crippen LogP contribution in [0.25, 0.3) is 0 Å². The number of hydrogen-bond acceptors (Lipinski definition) is 5. The van der Waals surface area contributed by atoms with Crippen LogP contribution >= 0.6 is 0 Å². The second-order valence-corrected chi connectivity index (χ2v) is 6.84. The number of carbonyl (C=O) groups is 1. The zero-order valence-corrected chi connectivity index (χ0v) is 12.6. The zero-order chi connectivity index (χ0) is 16.0. The van der Waals surface area contributed by atoms with Gasteiger partial charge in [0.1, 0.15) is 11.6 Å². The molecule has 0 radical (unpaired) electrons. The molecule has 0 saturated carbocycles. The molecule has 0 atom stereocenters. The number of aromatic nitrogens is 1. The fraction of sp³-hybridized carbons (Fsp3) is 0.200. The summed E-state index contributed by atoms with van der Waals surface area (Å²) in [6.45, 7) is -0.159. The summed E-state index contributed by atoms with van der Waals surface area (Å²) in [5.41, 5.74) is 1.17. The average Bonchev–Trinajstić information content (AvgIpc) is 2.47. The highest BCUT2D eigenvalue weighted by atomic mass is 32.2. The number of aliphatic hydroxyl groups is 1. The van der Waals surface area contributed by atoms with Crippen LogP contribution in [0.2, 0.25) is 0 Å². The number of pyridine rings is 1. The molecule has 1 amide bonds. The fourth-order valence-corrected chi connectivity index (χ4v) is 3.20. The van der Waals surface area contributed by atoms with Crippen LogP contribution in [-0.4, -0.2) is 30.2 Å². The van der Waals surface area contributed by atoms with Gasteiger partial charge in [0.15, 0.2) is 9.84 Å². The van der Waals surface area contributed by atoms with Crippen LogP contribution < -0.4 is 5.32 Å². The number of rotatable bonds is 6. The van der Waals surface area contributed by atoms with Gasteiger partial charge in [0.25, 0.3) is 0 Å². The number of hydrogen-bond donors (Lipinski definition) is 2. The molecular weight excluding hydrogens is 304 g/mol. The van der Waals surface area contributed by atoms with Gasteiger partial charge in [-0.25, -0.2) is 13.4 Å². The number of benzene rings is 1. The normalized spacial score (nSPS) is 11.1. The van der Waals surface area contributed by atoms with Crippen LogP contribution in [0.15, 0.2) is 48.7 Å². The first-order valence-corrected chi connectivity index (χ1v) is 8.40. The lowest BCUT2D eigenvalue weighted by atomic mass is 10.1.